The summed E-state index contributed by atoms with van der Waals surface area (Å²) in [7, 11) is 0. The molecule has 0 radical (unpaired) electrons. The molecule has 0 saturated heterocycles. The Bertz CT molecular complexity index is 1220. The van der Waals surface area contributed by atoms with Crippen LogP contribution in [0.2, 0.25) is 0 Å². The van der Waals surface area contributed by atoms with Crippen LogP contribution in [0.5, 0.6) is 0 Å². The summed E-state index contributed by atoms with van der Waals surface area (Å²) >= 11 is 0. The number of nitrogens with zero attached hydrogens (tertiary/aromatic N) is 2. The number of imide groups is 1. The average molecular weight is 399 g/mol. The Kier molecular flexibility index (Phi) is 5.30. The summed E-state index contributed by atoms with van der Waals surface area (Å²) in [5.74, 6) is -0.868. The monoisotopic (exact) mass is 399 g/mol. The average Bonchev–Trinajstić information content (AvgIpc) is 3.07. The molecule has 2 aromatic carbocycles. The maximum absolute atomic E-state index is 13.3. The first-order valence-electron chi connectivity index (χ1n) is 9.52. The molecule has 0 fully saturated rings. The number of aromatic nitrogens is 2. The molecule has 2 amide bonds. The highest BCUT2D eigenvalue weighted by molar-refractivity contribution is 6.21. The lowest BCUT2D eigenvalue weighted by molar-refractivity contribution is 0.0879. The van der Waals surface area contributed by atoms with Crippen LogP contribution in [0, 0.1) is 5.82 Å². The van der Waals surface area contributed by atoms with Crippen molar-refractivity contribution in [2.75, 3.05) is 0 Å². The van der Waals surface area contributed by atoms with Gasteiger partial charge in [0.2, 0.25) is 0 Å². The summed E-state index contributed by atoms with van der Waals surface area (Å²) in [6.07, 6.45) is 2.61. The van der Waals surface area contributed by atoms with Gasteiger partial charge >= 0.3 is 0 Å². The first-order chi connectivity index (χ1) is 14.6. The third kappa shape index (κ3) is 3.80. The Balaban J connectivity index is 0.000000168. The second-order valence-corrected chi connectivity index (χ2v) is 6.73. The maximum atomic E-state index is 13.3. The van der Waals surface area contributed by atoms with Gasteiger partial charge in [0, 0.05) is 17.6 Å². The second-order valence-electron chi connectivity index (χ2n) is 6.73. The molecular weight excluding hydrogens is 381 g/mol. The van der Waals surface area contributed by atoms with Gasteiger partial charge in [-0.05, 0) is 54.4 Å². The number of pyridine rings is 2. The Morgan fingerprint density at radius 3 is 2.23 bits per heavy atom. The van der Waals surface area contributed by atoms with Crippen LogP contribution in [-0.4, -0.2) is 21.8 Å². The minimum absolute atomic E-state index is 0.267. The molecule has 0 unspecified atom stereocenters. The van der Waals surface area contributed by atoms with Gasteiger partial charge in [-0.2, -0.15) is 0 Å². The third-order valence-electron chi connectivity index (χ3n) is 4.79. The van der Waals surface area contributed by atoms with E-state index in [1.54, 1.807) is 36.5 Å². The van der Waals surface area contributed by atoms with Crippen molar-refractivity contribution in [2.24, 2.45) is 0 Å². The predicted molar refractivity (Wildman–Crippen MR) is 113 cm³/mol. The van der Waals surface area contributed by atoms with Crippen LogP contribution in [0.4, 0.5) is 4.39 Å². The van der Waals surface area contributed by atoms with Gasteiger partial charge in [-0.15, -0.1) is 0 Å². The Hall–Kier alpha value is -3.93. The number of benzene rings is 2. The molecule has 5 nitrogen and oxygen atoms in total. The molecule has 0 bridgehead atoms. The molecule has 0 spiro atoms. The lowest BCUT2D eigenvalue weighted by atomic mass is 10.0. The van der Waals surface area contributed by atoms with Gasteiger partial charge < -0.3 is 0 Å². The number of hydrogen-bond donors (Lipinski definition) is 1. The SMILES string of the molecule is CCc1cc2ccc(F)cc2nc1-c1ccccn1.O=C1NC(=O)c2ccccc21. The first kappa shape index (κ1) is 19.4. The van der Waals surface area contributed by atoms with Crippen LogP contribution in [-0.2, 0) is 6.42 Å². The number of carbonyl (C=O) groups is 2. The second kappa shape index (κ2) is 8.21. The molecule has 30 heavy (non-hydrogen) atoms. The van der Waals surface area contributed by atoms with Gasteiger partial charge in [0.1, 0.15) is 5.82 Å². The molecule has 3 heterocycles. The van der Waals surface area contributed by atoms with Crippen molar-refractivity contribution >= 4 is 22.7 Å². The Morgan fingerprint density at radius 1 is 0.900 bits per heavy atom. The molecule has 4 aromatic rings. The molecule has 0 aliphatic carbocycles. The lowest BCUT2D eigenvalue weighted by Gasteiger charge is -2.08. The molecule has 2 aromatic heterocycles. The summed E-state index contributed by atoms with van der Waals surface area (Å²) in [6.45, 7) is 2.08. The van der Waals surface area contributed by atoms with Crippen LogP contribution < -0.4 is 5.32 Å². The maximum Gasteiger partial charge on any atom is 0.258 e. The number of amides is 2. The van der Waals surface area contributed by atoms with Crippen LogP contribution in [0.3, 0.4) is 0 Å². The number of halogens is 1. The zero-order valence-corrected chi connectivity index (χ0v) is 16.2. The minimum Gasteiger partial charge on any atom is -0.288 e. The molecule has 1 aliphatic heterocycles. The third-order valence-corrected chi connectivity index (χ3v) is 4.79. The van der Waals surface area contributed by atoms with Gasteiger partial charge in [-0.3, -0.25) is 19.9 Å². The molecule has 0 saturated carbocycles. The fourth-order valence-corrected chi connectivity index (χ4v) is 3.30. The molecule has 1 N–H and O–H groups in total. The van der Waals surface area contributed by atoms with Gasteiger partial charge in [-0.25, -0.2) is 9.37 Å². The van der Waals surface area contributed by atoms with E-state index >= 15 is 0 Å². The van der Waals surface area contributed by atoms with Crippen molar-refractivity contribution in [1.29, 1.82) is 0 Å². The number of nitrogens with one attached hydrogen (secondary N) is 1. The highest BCUT2D eigenvalue weighted by atomic mass is 19.1. The van der Waals surface area contributed by atoms with Crippen LogP contribution in [0.25, 0.3) is 22.3 Å². The number of fused-ring (bicyclic) bond motifs is 2. The Morgan fingerprint density at radius 2 is 1.60 bits per heavy atom. The fourth-order valence-electron chi connectivity index (χ4n) is 3.30. The van der Waals surface area contributed by atoms with E-state index < -0.39 is 0 Å². The van der Waals surface area contributed by atoms with Crippen LogP contribution in [0.15, 0.2) is 72.9 Å². The molecule has 148 valence electrons. The van der Waals surface area contributed by atoms with Crippen molar-refractivity contribution in [3.63, 3.8) is 0 Å². The van der Waals surface area contributed by atoms with E-state index in [1.807, 2.05) is 18.2 Å². The fraction of sp³-hybridized carbons (Fsp3) is 0.0833. The van der Waals surface area contributed by atoms with Crippen LogP contribution in [0.1, 0.15) is 33.2 Å². The van der Waals surface area contributed by atoms with Gasteiger partial charge in [0.15, 0.2) is 0 Å². The Labute approximate surface area is 172 Å². The topological polar surface area (TPSA) is 72.0 Å². The van der Waals surface area contributed by atoms with E-state index in [-0.39, 0.29) is 17.6 Å². The summed E-state index contributed by atoms with van der Waals surface area (Å²) in [4.78, 5) is 30.8. The number of rotatable bonds is 2. The summed E-state index contributed by atoms with van der Waals surface area (Å²) in [6, 6.07) is 19.2. The largest absolute Gasteiger partial charge is 0.288 e. The van der Waals surface area contributed by atoms with Gasteiger partial charge in [0.05, 0.1) is 28.0 Å². The normalized spacial score (nSPS) is 12.2. The van der Waals surface area contributed by atoms with Crippen molar-refractivity contribution in [3.8, 4) is 11.4 Å². The van der Waals surface area contributed by atoms with E-state index in [0.717, 1.165) is 28.8 Å². The highest BCUT2D eigenvalue weighted by Crippen LogP contribution is 2.25. The van der Waals surface area contributed by atoms with E-state index in [0.29, 0.717) is 16.6 Å². The van der Waals surface area contributed by atoms with E-state index in [4.69, 9.17) is 0 Å². The minimum atomic E-state index is -0.300. The van der Waals surface area contributed by atoms with Crippen molar-refractivity contribution < 1.29 is 14.0 Å². The number of carbonyl (C=O) groups excluding carboxylic acids is 2. The predicted octanol–water partition coefficient (Wildman–Crippen LogP) is 4.57. The molecular formula is C24H18FN3O2. The van der Waals surface area contributed by atoms with E-state index in [1.165, 1.54) is 12.1 Å². The molecule has 0 atom stereocenters. The zero-order chi connectivity index (χ0) is 21.1. The lowest BCUT2D eigenvalue weighted by Crippen LogP contribution is -2.19. The van der Waals surface area contributed by atoms with Crippen LogP contribution >= 0.6 is 0 Å². The van der Waals surface area contributed by atoms with Gasteiger partial charge in [0.25, 0.3) is 11.8 Å². The number of hydrogen-bond acceptors (Lipinski definition) is 4. The number of aryl methyl sites for hydroxylation is 1. The highest BCUT2D eigenvalue weighted by Gasteiger charge is 2.25. The molecule has 5 rings (SSSR count). The smallest absolute Gasteiger partial charge is 0.258 e. The summed E-state index contributed by atoms with van der Waals surface area (Å²) in [5, 5.41) is 3.16. The molecule has 1 aliphatic rings. The zero-order valence-electron chi connectivity index (χ0n) is 16.2. The van der Waals surface area contributed by atoms with Crippen molar-refractivity contribution in [1.82, 2.24) is 15.3 Å². The van der Waals surface area contributed by atoms with Crippen molar-refractivity contribution in [3.05, 3.63) is 95.4 Å². The molecule has 6 heteroatoms. The van der Waals surface area contributed by atoms with E-state index in [2.05, 4.69) is 28.3 Å². The first-order valence-corrected chi connectivity index (χ1v) is 9.52. The summed E-state index contributed by atoms with van der Waals surface area (Å²) in [5.41, 5.74) is 4.39. The quantitative estimate of drug-likeness (QED) is 0.501. The summed E-state index contributed by atoms with van der Waals surface area (Å²) < 4.78 is 13.3. The standard InChI is InChI=1S/C16H13FN2.C8H5NO2/c1-2-11-9-12-6-7-13(17)10-15(12)19-16(11)14-5-3-4-8-18-14;10-7-5-3-1-2-4-6(5)8(11)9-7/h3-10H,2H2,1H3;1-4H,(H,9,10,11). The van der Waals surface area contributed by atoms with Crippen molar-refractivity contribution in [2.45, 2.75) is 13.3 Å². The van der Waals surface area contributed by atoms with E-state index in [9.17, 15) is 14.0 Å². The van der Waals surface area contributed by atoms with Gasteiger partial charge in [-0.1, -0.05) is 25.1 Å².